The highest BCUT2D eigenvalue weighted by atomic mass is 79.9. The smallest absolute Gasteiger partial charge is 0.150 e. The SMILES string of the molecule is Fc1cccc(F)c1N1SN(CCCCBr)c2ccccc21. The first-order valence-electron chi connectivity index (χ1n) is 7.07. The van der Waals surface area contributed by atoms with E-state index in [2.05, 4.69) is 20.2 Å². The van der Waals surface area contributed by atoms with Crippen LogP contribution in [0.4, 0.5) is 25.8 Å². The van der Waals surface area contributed by atoms with Crippen molar-refractivity contribution in [3.05, 3.63) is 54.1 Å². The predicted octanol–water partition coefficient (Wildman–Crippen LogP) is 5.66. The Morgan fingerprint density at radius 2 is 1.59 bits per heavy atom. The zero-order valence-corrected chi connectivity index (χ0v) is 14.2. The summed E-state index contributed by atoms with van der Waals surface area (Å²) in [5.41, 5.74) is 1.79. The summed E-state index contributed by atoms with van der Waals surface area (Å²) >= 11 is 4.77. The van der Waals surface area contributed by atoms with Crippen LogP contribution in [0.1, 0.15) is 12.8 Å². The maximum absolute atomic E-state index is 14.1. The molecule has 1 heterocycles. The number of benzene rings is 2. The number of fused-ring (bicyclic) bond motifs is 1. The molecule has 0 N–H and O–H groups in total. The summed E-state index contributed by atoms with van der Waals surface area (Å²) in [6.45, 7) is 0.833. The summed E-state index contributed by atoms with van der Waals surface area (Å²) < 4.78 is 31.9. The van der Waals surface area contributed by atoms with Crippen molar-refractivity contribution in [3.63, 3.8) is 0 Å². The van der Waals surface area contributed by atoms with Gasteiger partial charge in [0.2, 0.25) is 0 Å². The molecule has 2 aromatic rings. The van der Waals surface area contributed by atoms with Gasteiger partial charge in [-0.1, -0.05) is 34.1 Å². The minimum atomic E-state index is -0.551. The number of halogens is 3. The number of anilines is 3. The van der Waals surface area contributed by atoms with E-state index in [9.17, 15) is 8.78 Å². The first-order valence-corrected chi connectivity index (χ1v) is 8.92. The van der Waals surface area contributed by atoms with Gasteiger partial charge in [-0.25, -0.2) is 8.78 Å². The van der Waals surface area contributed by atoms with E-state index in [-0.39, 0.29) is 5.69 Å². The summed E-state index contributed by atoms with van der Waals surface area (Å²) in [5.74, 6) is -1.10. The highest BCUT2D eigenvalue weighted by Crippen LogP contribution is 2.50. The Hall–Kier alpha value is -1.27. The van der Waals surface area contributed by atoms with Crippen LogP contribution in [-0.2, 0) is 0 Å². The van der Waals surface area contributed by atoms with E-state index in [1.54, 1.807) is 4.31 Å². The van der Waals surface area contributed by atoms with Gasteiger partial charge in [-0.3, -0.25) is 8.61 Å². The fraction of sp³-hybridized carbons (Fsp3) is 0.250. The molecule has 2 nitrogen and oxygen atoms in total. The Kier molecular flexibility index (Phi) is 4.88. The number of hydrogen-bond acceptors (Lipinski definition) is 3. The Labute approximate surface area is 141 Å². The summed E-state index contributed by atoms with van der Waals surface area (Å²) in [4.78, 5) is 0. The molecule has 0 unspecified atom stereocenters. The molecule has 0 amide bonds. The first-order chi connectivity index (χ1) is 10.7. The van der Waals surface area contributed by atoms with Crippen molar-refractivity contribution >= 4 is 45.1 Å². The molecule has 22 heavy (non-hydrogen) atoms. The summed E-state index contributed by atoms with van der Waals surface area (Å²) in [6, 6.07) is 11.7. The van der Waals surface area contributed by atoms with Gasteiger partial charge in [0.15, 0.2) is 11.6 Å². The lowest BCUT2D eigenvalue weighted by molar-refractivity contribution is 0.588. The molecule has 1 aliphatic rings. The van der Waals surface area contributed by atoms with Crippen LogP contribution in [0.3, 0.4) is 0 Å². The largest absolute Gasteiger partial charge is 0.296 e. The lowest BCUT2D eigenvalue weighted by atomic mass is 10.2. The van der Waals surface area contributed by atoms with Gasteiger partial charge in [0.1, 0.15) is 5.69 Å². The van der Waals surface area contributed by atoms with Gasteiger partial charge in [-0.2, -0.15) is 0 Å². The van der Waals surface area contributed by atoms with Gasteiger partial charge in [0.25, 0.3) is 0 Å². The van der Waals surface area contributed by atoms with Crippen molar-refractivity contribution in [2.75, 3.05) is 20.5 Å². The molecule has 0 saturated carbocycles. The van der Waals surface area contributed by atoms with Crippen LogP contribution < -0.4 is 8.61 Å². The number of rotatable bonds is 5. The van der Waals surface area contributed by atoms with Crippen LogP contribution in [0, 0.1) is 11.6 Å². The van der Waals surface area contributed by atoms with Crippen molar-refractivity contribution < 1.29 is 8.78 Å². The quantitative estimate of drug-likeness (QED) is 0.373. The number of nitrogens with zero attached hydrogens (tertiary/aromatic N) is 2. The van der Waals surface area contributed by atoms with Crippen LogP contribution in [-0.4, -0.2) is 11.9 Å². The minimum Gasteiger partial charge on any atom is -0.296 e. The molecule has 2 aromatic carbocycles. The van der Waals surface area contributed by atoms with Crippen LogP contribution in [0.25, 0.3) is 0 Å². The Morgan fingerprint density at radius 1 is 0.909 bits per heavy atom. The molecule has 0 aliphatic carbocycles. The molecule has 116 valence electrons. The molecule has 0 fully saturated rings. The average molecular weight is 385 g/mol. The fourth-order valence-electron chi connectivity index (χ4n) is 2.39. The first kappa shape index (κ1) is 15.6. The zero-order chi connectivity index (χ0) is 15.5. The van der Waals surface area contributed by atoms with Crippen molar-refractivity contribution in [3.8, 4) is 0 Å². The highest BCUT2D eigenvalue weighted by Gasteiger charge is 2.31. The van der Waals surface area contributed by atoms with Gasteiger partial charge >= 0.3 is 0 Å². The normalized spacial score (nSPS) is 13.6. The van der Waals surface area contributed by atoms with E-state index in [1.165, 1.54) is 30.3 Å². The number of unbranched alkanes of at least 4 members (excludes halogenated alkanes) is 1. The van der Waals surface area contributed by atoms with Crippen molar-refractivity contribution in [1.29, 1.82) is 0 Å². The van der Waals surface area contributed by atoms with E-state index in [1.807, 2.05) is 24.3 Å². The molecular weight excluding hydrogens is 370 g/mol. The Bertz CT molecular complexity index is 648. The highest BCUT2D eigenvalue weighted by molar-refractivity contribution is 9.09. The van der Waals surface area contributed by atoms with Crippen LogP contribution >= 0.6 is 28.1 Å². The van der Waals surface area contributed by atoms with Crippen LogP contribution in [0.15, 0.2) is 42.5 Å². The monoisotopic (exact) mass is 384 g/mol. The zero-order valence-electron chi connectivity index (χ0n) is 11.8. The standard InChI is InChI=1S/C16H15BrF2N2S/c17-10-3-4-11-20-14-8-1-2-9-15(14)21(22-20)16-12(18)6-5-7-13(16)19/h1-2,5-9H,3-4,10-11H2. The second-order valence-corrected chi connectivity index (χ2v) is 6.70. The Morgan fingerprint density at radius 3 is 2.27 bits per heavy atom. The summed E-state index contributed by atoms with van der Waals surface area (Å²) in [5, 5.41) is 0.957. The molecule has 0 radical (unpaired) electrons. The van der Waals surface area contributed by atoms with E-state index >= 15 is 0 Å². The van der Waals surface area contributed by atoms with Gasteiger partial charge in [0.05, 0.1) is 23.5 Å². The van der Waals surface area contributed by atoms with Gasteiger partial charge in [-0.15, -0.1) is 0 Å². The van der Waals surface area contributed by atoms with Gasteiger partial charge < -0.3 is 0 Å². The topological polar surface area (TPSA) is 6.48 Å². The minimum absolute atomic E-state index is 0.0112. The van der Waals surface area contributed by atoms with Gasteiger partial charge in [-0.05, 0) is 37.1 Å². The second kappa shape index (κ2) is 6.87. The third-order valence-electron chi connectivity index (χ3n) is 3.43. The molecule has 0 saturated heterocycles. The van der Waals surface area contributed by atoms with E-state index in [0.717, 1.165) is 36.1 Å². The molecule has 0 aromatic heterocycles. The molecule has 0 atom stereocenters. The lowest BCUT2D eigenvalue weighted by Crippen LogP contribution is -2.16. The maximum atomic E-state index is 14.1. The Balaban J connectivity index is 1.94. The van der Waals surface area contributed by atoms with Crippen molar-refractivity contribution in [2.45, 2.75) is 12.8 Å². The van der Waals surface area contributed by atoms with Crippen LogP contribution in [0.2, 0.25) is 0 Å². The summed E-state index contributed by atoms with van der Waals surface area (Å²) in [7, 11) is 0. The third-order valence-corrected chi connectivity index (χ3v) is 5.11. The van der Waals surface area contributed by atoms with Gasteiger partial charge in [0, 0.05) is 11.9 Å². The molecule has 6 heteroatoms. The van der Waals surface area contributed by atoms with E-state index in [0.29, 0.717) is 0 Å². The number of hydrogen-bond donors (Lipinski definition) is 0. The maximum Gasteiger partial charge on any atom is 0.150 e. The predicted molar refractivity (Wildman–Crippen MR) is 92.9 cm³/mol. The number of alkyl halides is 1. The lowest BCUT2D eigenvalue weighted by Gasteiger charge is -2.20. The fourth-order valence-corrected chi connectivity index (χ4v) is 3.93. The third kappa shape index (κ3) is 2.94. The van der Waals surface area contributed by atoms with E-state index in [4.69, 9.17) is 0 Å². The average Bonchev–Trinajstić information content (AvgIpc) is 2.87. The van der Waals surface area contributed by atoms with Crippen molar-refractivity contribution in [2.24, 2.45) is 0 Å². The second-order valence-electron chi connectivity index (χ2n) is 4.93. The molecule has 0 bridgehead atoms. The van der Waals surface area contributed by atoms with Crippen LogP contribution in [0.5, 0.6) is 0 Å². The molecule has 0 spiro atoms. The molecule has 3 rings (SSSR count). The van der Waals surface area contributed by atoms with Crippen molar-refractivity contribution in [1.82, 2.24) is 0 Å². The number of para-hydroxylation sites is 3. The molecular formula is C16H15BrF2N2S. The van der Waals surface area contributed by atoms with E-state index < -0.39 is 11.6 Å². The molecule has 1 aliphatic heterocycles. The summed E-state index contributed by atoms with van der Waals surface area (Å²) in [6.07, 6.45) is 2.08.